The molecule has 0 aliphatic heterocycles. The Bertz CT molecular complexity index is 820. The monoisotopic (exact) mass is 363 g/mol. The number of amides is 2. The molecule has 0 atom stereocenters. The van der Waals surface area contributed by atoms with E-state index in [0.717, 1.165) is 11.8 Å². The second-order valence-electron chi connectivity index (χ2n) is 4.99. The Balaban J connectivity index is 2.03. The van der Waals surface area contributed by atoms with Crippen molar-refractivity contribution >= 4 is 35.3 Å². The fourth-order valence-electron chi connectivity index (χ4n) is 1.94. The lowest BCUT2D eigenvalue weighted by Crippen LogP contribution is -2.32. The summed E-state index contributed by atoms with van der Waals surface area (Å²) in [5.74, 6) is -2.15. The standard InChI is InChI=1S/C17H15ClFN3O3/c1-10-6-7-15(25-2)14(8-10)21-16(23)17(24)22-20-9-11-12(18)4-3-5-13(11)19/h3-9H,1-2H3,(H,21,23)(H,22,24)/b20-9+. The van der Waals surface area contributed by atoms with E-state index in [2.05, 4.69) is 10.4 Å². The number of nitrogens with zero attached hydrogens (tertiary/aromatic N) is 1. The fraction of sp³-hybridized carbons (Fsp3) is 0.118. The fourth-order valence-corrected chi connectivity index (χ4v) is 2.15. The van der Waals surface area contributed by atoms with Crippen LogP contribution >= 0.6 is 11.6 Å². The molecule has 8 heteroatoms. The smallest absolute Gasteiger partial charge is 0.329 e. The van der Waals surface area contributed by atoms with Crippen molar-refractivity contribution in [1.29, 1.82) is 0 Å². The molecule has 0 bridgehead atoms. The molecule has 0 saturated heterocycles. The van der Waals surface area contributed by atoms with Gasteiger partial charge < -0.3 is 10.1 Å². The molecule has 0 radical (unpaired) electrons. The van der Waals surface area contributed by atoms with E-state index >= 15 is 0 Å². The highest BCUT2D eigenvalue weighted by molar-refractivity contribution is 6.39. The van der Waals surface area contributed by atoms with E-state index in [9.17, 15) is 14.0 Å². The van der Waals surface area contributed by atoms with Crippen LogP contribution in [-0.2, 0) is 9.59 Å². The summed E-state index contributed by atoms with van der Waals surface area (Å²) in [6.45, 7) is 1.83. The van der Waals surface area contributed by atoms with E-state index in [0.29, 0.717) is 11.4 Å². The molecule has 0 aliphatic rings. The number of hydrogen-bond acceptors (Lipinski definition) is 4. The van der Waals surface area contributed by atoms with Gasteiger partial charge in [0.2, 0.25) is 0 Å². The zero-order valence-electron chi connectivity index (χ0n) is 13.5. The van der Waals surface area contributed by atoms with Crippen molar-refractivity contribution in [3.8, 4) is 5.75 Å². The van der Waals surface area contributed by atoms with Gasteiger partial charge in [0.15, 0.2) is 0 Å². The number of benzene rings is 2. The third kappa shape index (κ3) is 4.77. The van der Waals surface area contributed by atoms with Crippen molar-refractivity contribution in [2.45, 2.75) is 6.92 Å². The van der Waals surface area contributed by atoms with E-state index in [4.69, 9.17) is 16.3 Å². The van der Waals surface area contributed by atoms with Crippen LogP contribution in [-0.4, -0.2) is 25.1 Å². The maximum Gasteiger partial charge on any atom is 0.329 e. The van der Waals surface area contributed by atoms with E-state index < -0.39 is 17.6 Å². The largest absolute Gasteiger partial charge is 0.495 e. The zero-order valence-corrected chi connectivity index (χ0v) is 14.2. The average molecular weight is 364 g/mol. The minimum absolute atomic E-state index is 0.00484. The molecule has 0 aromatic heterocycles. The average Bonchev–Trinajstić information content (AvgIpc) is 2.57. The molecule has 0 saturated carbocycles. The Kier molecular flexibility index (Phi) is 6.08. The Morgan fingerprint density at radius 2 is 2.00 bits per heavy atom. The molecule has 0 spiro atoms. The third-order valence-corrected chi connectivity index (χ3v) is 3.50. The van der Waals surface area contributed by atoms with Crippen molar-refractivity contribution in [2.24, 2.45) is 5.10 Å². The second-order valence-corrected chi connectivity index (χ2v) is 5.40. The van der Waals surface area contributed by atoms with E-state index in [-0.39, 0.29) is 10.6 Å². The lowest BCUT2D eigenvalue weighted by atomic mass is 10.2. The van der Waals surface area contributed by atoms with Gasteiger partial charge in [-0.2, -0.15) is 5.10 Å². The van der Waals surface area contributed by atoms with Crippen molar-refractivity contribution in [3.05, 3.63) is 58.4 Å². The summed E-state index contributed by atoms with van der Waals surface area (Å²) in [4.78, 5) is 23.7. The Morgan fingerprint density at radius 3 is 2.68 bits per heavy atom. The second kappa shape index (κ2) is 8.25. The predicted molar refractivity (Wildman–Crippen MR) is 93.5 cm³/mol. The first-order valence-corrected chi connectivity index (χ1v) is 7.53. The molecule has 0 aliphatic carbocycles. The number of ether oxygens (including phenoxy) is 1. The predicted octanol–water partition coefficient (Wildman–Crippen LogP) is 2.88. The molecule has 2 N–H and O–H groups in total. The van der Waals surface area contributed by atoms with Crippen LogP contribution in [0.4, 0.5) is 10.1 Å². The number of hydrazone groups is 1. The third-order valence-electron chi connectivity index (χ3n) is 3.17. The molecule has 2 rings (SSSR count). The topological polar surface area (TPSA) is 79.8 Å². The van der Waals surface area contributed by atoms with Crippen LogP contribution in [0.25, 0.3) is 0 Å². The maximum absolute atomic E-state index is 13.6. The van der Waals surface area contributed by atoms with Crippen molar-refractivity contribution in [1.82, 2.24) is 5.43 Å². The quantitative estimate of drug-likeness (QED) is 0.498. The van der Waals surface area contributed by atoms with E-state index in [1.807, 2.05) is 12.3 Å². The zero-order chi connectivity index (χ0) is 18.4. The van der Waals surface area contributed by atoms with Gasteiger partial charge in [0.05, 0.1) is 24.0 Å². The Labute approximate surface area is 148 Å². The Morgan fingerprint density at radius 1 is 1.24 bits per heavy atom. The summed E-state index contributed by atoms with van der Waals surface area (Å²) < 4.78 is 18.7. The first-order chi connectivity index (χ1) is 11.9. The molecule has 6 nitrogen and oxygen atoms in total. The summed E-state index contributed by atoms with van der Waals surface area (Å²) in [6, 6.07) is 9.25. The molecule has 130 valence electrons. The van der Waals surface area contributed by atoms with Crippen LogP contribution in [0, 0.1) is 12.7 Å². The van der Waals surface area contributed by atoms with Gasteiger partial charge in [-0.15, -0.1) is 0 Å². The van der Waals surface area contributed by atoms with E-state index in [1.165, 1.54) is 25.3 Å². The lowest BCUT2D eigenvalue weighted by molar-refractivity contribution is -0.136. The molecular formula is C17H15ClFN3O3. The van der Waals surface area contributed by atoms with Crippen LogP contribution in [0.2, 0.25) is 5.02 Å². The van der Waals surface area contributed by atoms with Gasteiger partial charge >= 0.3 is 11.8 Å². The van der Waals surface area contributed by atoms with E-state index in [1.54, 1.807) is 18.2 Å². The van der Waals surface area contributed by atoms with Gasteiger partial charge in [0.25, 0.3) is 0 Å². The number of carbonyl (C=O) groups is 2. The Hall–Kier alpha value is -2.93. The van der Waals surface area contributed by atoms with Gasteiger partial charge in [-0.25, -0.2) is 9.82 Å². The summed E-state index contributed by atoms with van der Waals surface area (Å²) in [5, 5.41) is 6.10. The number of aryl methyl sites for hydroxylation is 1. The SMILES string of the molecule is COc1ccc(C)cc1NC(=O)C(=O)N/N=C/c1c(F)cccc1Cl. The van der Waals surface area contributed by atoms with Crippen molar-refractivity contribution in [2.75, 3.05) is 12.4 Å². The number of methoxy groups -OCH3 is 1. The number of halogens is 2. The molecule has 2 amide bonds. The van der Waals surface area contributed by atoms with Crippen LogP contribution < -0.4 is 15.5 Å². The summed E-state index contributed by atoms with van der Waals surface area (Å²) in [7, 11) is 1.45. The summed E-state index contributed by atoms with van der Waals surface area (Å²) in [6.07, 6.45) is 1.02. The van der Waals surface area contributed by atoms with Crippen LogP contribution in [0.5, 0.6) is 5.75 Å². The maximum atomic E-state index is 13.6. The van der Waals surface area contributed by atoms with Crippen LogP contribution in [0.3, 0.4) is 0 Å². The molecule has 25 heavy (non-hydrogen) atoms. The molecule has 0 fully saturated rings. The molecule has 0 unspecified atom stereocenters. The minimum atomic E-state index is -1.02. The molecule has 0 heterocycles. The number of carbonyl (C=O) groups excluding carboxylic acids is 2. The van der Waals surface area contributed by atoms with Crippen LogP contribution in [0.15, 0.2) is 41.5 Å². The molecule has 2 aromatic carbocycles. The number of hydrogen-bond donors (Lipinski definition) is 2. The molecular weight excluding hydrogens is 349 g/mol. The van der Waals surface area contributed by atoms with Gasteiger partial charge in [-0.05, 0) is 36.8 Å². The normalized spacial score (nSPS) is 10.6. The minimum Gasteiger partial charge on any atom is -0.495 e. The molecule has 2 aromatic rings. The highest BCUT2D eigenvalue weighted by Gasteiger charge is 2.15. The van der Waals surface area contributed by atoms with Gasteiger partial charge in [-0.1, -0.05) is 23.7 Å². The lowest BCUT2D eigenvalue weighted by Gasteiger charge is -2.10. The van der Waals surface area contributed by atoms with Crippen LogP contribution in [0.1, 0.15) is 11.1 Å². The number of anilines is 1. The summed E-state index contributed by atoms with van der Waals surface area (Å²) >= 11 is 5.83. The van der Waals surface area contributed by atoms with Gasteiger partial charge in [0.1, 0.15) is 11.6 Å². The number of nitrogens with one attached hydrogen (secondary N) is 2. The summed E-state index contributed by atoms with van der Waals surface area (Å²) in [5.41, 5.74) is 3.24. The first kappa shape index (κ1) is 18.4. The van der Waals surface area contributed by atoms with Gasteiger partial charge in [-0.3, -0.25) is 9.59 Å². The van der Waals surface area contributed by atoms with Crippen molar-refractivity contribution in [3.63, 3.8) is 0 Å². The van der Waals surface area contributed by atoms with Crippen molar-refractivity contribution < 1.29 is 18.7 Å². The number of rotatable bonds is 4. The highest BCUT2D eigenvalue weighted by Crippen LogP contribution is 2.25. The van der Waals surface area contributed by atoms with Gasteiger partial charge in [0, 0.05) is 5.56 Å². The highest BCUT2D eigenvalue weighted by atomic mass is 35.5. The first-order valence-electron chi connectivity index (χ1n) is 7.15.